The number of nitrogens with one attached hydrogen (secondary N) is 1. The molecule has 0 spiro atoms. The zero-order valence-corrected chi connectivity index (χ0v) is 23.3. The Labute approximate surface area is 232 Å². The van der Waals surface area contributed by atoms with Gasteiger partial charge in [-0.25, -0.2) is 0 Å². The fourth-order valence-corrected chi connectivity index (χ4v) is 4.09. The van der Waals surface area contributed by atoms with Crippen molar-refractivity contribution in [1.29, 1.82) is 5.26 Å². The van der Waals surface area contributed by atoms with Crippen LogP contribution in [-0.2, 0) is 11.4 Å². The molecule has 0 aliphatic carbocycles. The lowest BCUT2D eigenvalue weighted by Gasteiger charge is -2.15. The van der Waals surface area contributed by atoms with Gasteiger partial charge in [0.2, 0.25) is 0 Å². The Balaban J connectivity index is 1.88. The minimum absolute atomic E-state index is 0.164. The first-order valence-corrected chi connectivity index (χ1v) is 12.5. The highest BCUT2D eigenvalue weighted by molar-refractivity contribution is 6.33. The van der Waals surface area contributed by atoms with E-state index in [2.05, 4.69) is 18.3 Å². The monoisotopic (exact) mass is 554 g/mol. The molecular formula is C29H28Cl2N2O5. The average Bonchev–Trinajstić information content (AvgIpc) is 2.89. The number of carbonyl (C=O) groups is 1. The van der Waals surface area contributed by atoms with Gasteiger partial charge in [-0.3, -0.25) is 4.79 Å². The van der Waals surface area contributed by atoms with Crippen LogP contribution in [0.3, 0.4) is 0 Å². The zero-order chi connectivity index (χ0) is 27.8. The molecule has 9 heteroatoms. The molecule has 3 aromatic carbocycles. The SMILES string of the molecule is CCOc1cc(/C=C(\C#N)C(=O)Nc2cc(OC)c(Cl)cc2OC)cc(Cl)c1OCc1ccc(C)c(C)c1. The van der Waals surface area contributed by atoms with Gasteiger partial charge in [-0.15, -0.1) is 0 Å². The molecule has 0 aliphatic rings. The van der Waals surface area contributed by atoms with E-state index in [1.165, 1.54) is 43.6 Å². The Morgan fingerprint density at radius 2 is 1.68 bits per heavy atom. The first-order valence-electron chi connectivity index (χ1n) is 11.7. The third-order valence-electron chi connectivity index (χ3n) is 5.68. The minimum atomic E-state index is -0.653. The number of nitrogens with zero attached hydrogens (tertiary/aromatic N) is 1. The fourth-order valence-electron chi connectivity index (χ4n) is 3.59. The highest BCUT2D eigenvalue weighted by Gasteiger charge is 2.17. The summed E-state index contributed by atoms with van der Waals surface area (Å²) in [4.78, 5) is 13.0. The van der Waals surface area contributed by atoms with Crippen molar-refractivity contribution in [2.45, 2.75) is 27.4 Å². The second-order valence-electron chi connectivity index (χ2n) is 8.28. The molecule has 0 saturated heterocycles. The second kappa shape index (κ2) is 13.1. The van der Waals surface area contributed by atoms with Gasteiger partial charge in [0.05, 0.1) is 36.6 Å². The predicted molar refractivity (Wildman–Crippen MR) is 150 cm³/mol. The van der Waals surface area contributed by atoms with E-state index >= 15 is 0 Å². The van der Waals surface area contributed by atoms with Crippen molar-refractivity contribution in [3.63, 3.8) is 0 Å². The number of methoxy groups -OCH3 is 2. The highest BCUT2D eigenvalue weighted by atomic mass is 35.5. The molecule has 0 aliphatic heterocycles. The fraction of sp³-hybridized carbons (Fsp3) is 0.241. The molecule has 1 N–H and O–H groups in total. The average molecular weight is 555 g/mol. The van der Waals surface area contributed by atoms with Crippen LogP contribution in [0.5, 0.6) is 23.0 Å². The molecule has 38 heavy (non-hydrogen) atoms. The summed E-state index contributed by atoms with van der Waals surface area (Å²) < 4.78 is 22.3. The Hall–Kier alpha value is -3.86. The van der Waals surface area contributed by atoms with Crippen LogP contribution in [0.2, 0.25) is 10.0 Å². The van der Waals surface area contributed by atoms with Crippen molar-refractivity contribution < 1.29 is 23.7 Å². The summed E-state index contributed by atoms with van der Waals surface area (Å²) >= 11 is 12.7. The summed E-state index contributed by atoms with van der Waals surface area (Å²) in [6.45, 7) is 6.60. The third kappa shape index (κ3) is 6.91. The van der Waals surface area contributed by atoms with Gasteiger partial charge < -0.3 is 24.3 Å². The molecule has 0 fully saturated rings. The lowest BCUT2D eigenvalue weighted by molar-refractivity contribution is -0.112. The molecule has 0 saturated carbocycles. The van der Waals surface area contributed by atoms with Crippen molar-refractivity contribution in [3.05, 3.63) is 80.3 Å². The number of rotatable bonds is 10. The van der Waals surface area contributed by atoms with Crippen LogP contribution in [-0.4, -0.2) is 26.7 Å². The van der Waals surface area contributed by atoms with Crippen molar-refractivity contribution in [3.8, 4) is 29.1 Å². The maximum atomic E-state index is 13.0. The summed E-state index contributed by atoms with van der Waals surface area (Å²) in [5.41, 5.74) is 3.98. The maximum Gasteiger partial charge on any atom is 0.266 e. The van der Waals surface area contributed by atoms with Gasteiger partial charge in [0.15, 0.2) is 11.5 Å². The minimum Gasteiger partial charge on any atom is -0.495 e. The summed E-state index contributed by atoms with van der Waals surface area (Å²) in [7, 11) is 2.89. The Kier molecular flexibility index (Phi) is 9.89. The van der Waals surface area contributed by atoms with Crippen LogP contribution < -0.4 is 24.3 Å². The number of hydrogen-bond acceptors (Lipinski definition) is 6. The Morgan fingerprint density at radius 1 is 0.947 bits per heavy atom. The van der Waals surface area contributed by atoms with Crippen LogP contribution >= 0.6 is 23.2 Å². The molecule has 3 rings (SSSR count). The third-order valence-corrected chi connectivity index (χ3v) is 6.26. The second-order valence-corrected chi connectivity index (χ2v) is 9.10. The van der Waals surface area contributed by atoms with Gasteiger partial charge in [-0.1, -0.05) is 41.4 Å². The van der Waals surface area contributed by atoms with E-state index in [0.29, 0.717) is 52.5 Å². The van der Waals surface area contributed by atoms with E-state index < -0.39 is 5.91 Å². The number of halogens is 2. The van der Waals surface area contributed by atoms with E-state index in [-0.39, 0.29) is 10.6 Å². The van der Waals surface area contributed by atoms with Crippen molar-refractivity contribution in [2.24, 2.45) is 0 Å². The normalized spacial score (nSPS) is 10.9. The Bertz CT molecular complexity index is 1410. The summed E-state index contributed by atoms with van der Waals surface area (Å²) in [5.74, 6) is 0.782. The van der Waals surface area contributed by atoms with Crippen molar-refractivity contribution in [1.82, 2.24) is 0 Å². The molecule has 3 aromatic rings. The highest BCUT2D eigenvalue weighted by Crippen LogP contribution is 2.39. The number of aryl methyl sites for hydroxylation is 2. The van der Waals surface area contributed by atoms with Crippen molar-refractivity contribution >= 4 is 40.9 Å². The summed E-state index contributed by atoms with van der Waals surface area (Å²) in [6.07, 6.45) is 1.41. The lowest BCUT2D eigenvalue weighted by Crippen LogP contribution is -2.14. The topological polar surface area (TPSA) is 89.8 Å². The lowest BCUT2D eigenvalue weighted by atomic mass is 10.1. The van der Waals surface area contributed by atoms with Gasteiger partial charge in [0.1, 0.15) is 29.7 Å². The summed E-state index contributed by atoms with van der Waals surface area (Å²) in [6, 6.07) is 14.3. The van der Waals surface area contributed by atoms with E-state index in [0.717, 1.165) is 5.56 Å². The van der Waals surface area contributed by atoms with E-state index in [9.17, 15) is 10.1 Å². The van der Waals surface area contributed by atoms with Crippen LogP contribution in [0.1, 0.15) is 29.2 Å². The molecule has 1 amide bonds. The van der Waals surface area contributed by atoms with E-state index in [1.807, 2.05) is 32.0 Å². The number of carbonyl (C=O) groups excluding carboxylic acids is 1. The van der Waals surface area contributed by atoms with Gasteiger partial charge in [0, 0.05) is 12.1 Å². The molecule has 198 valence electrons. The van der Waals surface area contributed by atoms with Crippen molar-refractivity contribution in [2.75, 3.05) is 26.1 Å². The number of ether oxygens (including phenoxy) is 4. The van der Waals surface area contributed by atoms with Crippen LogP contribution in [0.15, 0.2) is 48.0 Å². The zero-order valence-electron chi connectivity index (χ0n) is 21.8. The van der Waals surface area contributed by atoms with Gasteiger partial charge in [-0.2, -0.15) is 5.26 Å². The van der Waals surface area contributed by atoms with E-state index in [1.54, 1.807) is 12.1 Å². The largest absolute Gasteiger partial charge is 0.495 e. The standard InChI is InChI=1S/C29H28Cl2N2O5/c1-6-37-27-12-20(11-23(31)28(27)38-16-19-8-7-17(2)18(3)9-19)10-21(15-32)29(34)33-24-14-25(35-4)22(30)13-26(24)36-5/h7-14H,6,16H2,1-5H3,(H,33,34)/b21-10+. The first-order chi connectivity index (χ1) is 18.2. The van der Waals surface area contributed by atoms with Gasteiger partial charge >= 0.3 is 0 Å². The van der Waals surface area contributed by atoms with Crippen LogP contribution in [0.4, 0.5) is 5.69 Å². The molecular weight excluding hydrogens is 527 g/mol. The number of nitriles is 1. The quantitative estimate of drug-likeness (QED) is 0.211. The van der Waals surface area contributed by atoms with E-state index in [4.69, 9.17) is 42.1 Å². The van der Waals surface area contributed by atoms with Crippen LogP contribution in [0, 0.1) is 25.2 Å². The molecule has 0 unspecified atom stereocenters. The molecule has 0 bridgehead atoms. The number of benzene rings is 3. The number of anilines is 1. The Morgan fingerprint density at radius 3 is 2.32 bits per heavy atom. The smallest absolute Gasteiger partial charge is 0.266 e. The maximum absolute atomic E-state index is 13.0. The molecule has 0 heterocycles. The van der Waals surface area contributed by atoms with Crippen LogP contribution in [0.25, 0.3) is 6.08 Å². The first kappa shape index (κ1) is 28.7. The molecule has 7 nitrogen and oxygen atoms in total. The van der Waals surface area contributed by atoms with Gasteiger partial charge in [0.25, 0.3) is 5.91 Å². The predicted octanol–water partition coefficient (Wildman–Crippen LogP) is 7.15. The summed E-state index contributed by atoms with van der Waals surface area (Å²) in [5, 5.41) is 13.0. The molecule has 0 atom stereocenters. The number of amides is 1. The van der Waals surface area contributed by atoms with Gasteiger partial charge in [-0.05, 0) is 61.2 Å². The number of hydrogen-bond donors (Lipinski definition) is 1. The molecule has 0 aromatic heterocycles. The molecule has 0 radical (unpaired) electrons.